The molecule has 0 bridgehead atoms. The van der Waals surface area contributed by atoms with Gasteiger partial charge in [-0.1, -0.05) is 12.1 Å². The highest BCUT2D eigenvalue weighted by molar-refractivity contribution is 5.92. The van der Waals surface area contributed by atoms with Gasteiger partial charge in [0.15, 0.2) is 0 Å². The highest BCUT2D eigenvalue weighted by Gasteiger charge is 2.09. The van der Waals surface area contributed by atoms with Crippen LogP contribution >= 0.6 is 0 Å². The number of hydrogen-bond donors (Lipinski definition) is 2. The third kappa shape index (κ3) is 5.20. The van der Waals surface area contributed by atoms with E-state index in [2.05, 4.69) is 20.6 Å². The van der Waals surface area contributed by atoms with E-state index in [0.717, 1.165) is 0 Å². The predicted octanol–water partition coefficient (Wildman–Crippen LogP) is 1.63. The number of nitro groups is 1. The van der Waals surface area contributed by atoms with E-state index in [4.69, 9.17) is 0 Å². The molecule has 1 aromatic heterocycles. The summed E-state index contributed by atoms with van der Waals surface area (Å²) in [7, 11) is 0. The van der Waals surface area contributed by atoms with Crippen molar-refractivity contribution in [3.8, 4) is 0 Å². The third-order valence-corrected chi connectivity index (χ3v) is 2.82. The van der Waals surface area contributed by atoms with E-state index in [9.17, 15) is 14.9 Å². The number of carbonyl (C=O) groups is 1. The molecule has 0 spiro atoms. The maximum atomic E-state index is 11.7. The van der Waals surface area contributed by atoms with Gasteiger partial charge in [-0.2, -0.15) is 0 Å². The second-order valence-corrected chi connectivity index (χ2v) is 4.44. The molecule has 1 heterocycles. The van der Waals surface area contributed by atoms with Crippen LogP contribution in [0.5, 0.6) is 0 Å². The minimum Gasteiger partial charge on any atom is -0.352 e. The van der Waals surface area contributed by atoms with Gasteiger partial charge < -0.3 is 10.6 Å². The van der Waals surface area contributed by atoms with Crippen LogP contribution in [-0.2, 0) is 4.79 Å². The first kappa shape index (κ1) is 16.1. The zero-order chi connectivity index (χ0) is 16.5. The van der Waals surface area contributed by atoms with E-state index in [1.54, 1.807) is 36.7 Å². The Morgan fingerprint density at radius 2 is 1.91 bits per heavy atom. The zero-order valence-corrected chi connectivity index (χ0v) is 12.2. The number of aromatic nitrogens is 2. The summed E-state index contributed by atoms with van der Waals surface area (Å²) in [5.41, 5.74) is 0.336. The van der Waals surface area contributed by atoms with Crippen LogP contribution in [0.3, 0.4) is 0 Å². The molecule has 0 saturated heterocycles. The minimum atomic E-state index is -0.485. The van der Waals surface area contributed by atoms with Gasteiger partial charge in [0.2, 0.25) is 11.9 Å². The molecule has 0 aliphatic heterocycles. The Balaban J connectivity index is 1.80. The Morgan fingerprint density at radius 1 is 1.17 bits per heavy atom. The van der Waals surface area contributed by atoms with Gasteiger partial charge in [0, 0.05) is 37.6 Å². The van der Waals surface area contributed by atoms with Crippen molar-refractivity contribution in [2.75, 3.05) is 18.4 Å². The van der Waals surface area contributed by atoms with Crippen molar-refractivity contribution in [2.24, 2.45) is 0 Å². The normalized spacial score (nSPS) is 10.4. The Kier molecular flexibility index (Phi) is 5.75. The summed E-state index contributed by atoms with van der Waals surface area (Å²) in [5.74, 6) is 0.149. The number of benzene rings is 1. The molecule has 2 aromatic rings. The Hall–Kier alpha value is -3.29. The number of amides is 1. The van der Waals surface area contributed by atoms with Gasteiger partial charge >= 0.3 is 0 Å². The largest absolute Gasteiger partial charge is 0.352 e. The first-order valence-electron chi connectivity index (χ1n) is 6.87. The van der Waals surface area contributed by atoms with Gasteiger partial charge in [-0.3, -0.25) is 14.9 Å². The van der Waals surface area contributed by atoms with Crippen LogP contribution in [0.1, 0.15) is 5.56 Å². The van der Waals surface area contributed by atoms with Gasteiger partial charge in [0.25, 0.3) is 5.69 Å². The number of rotatable bonds is 7. The molecule has 0 atom stereocenters. The molecule has 1 aromatic carbocycles. The number of hydrogen-bond acceptors (Lipinski definition) is 6. The average molecular weight is 313 g/mol. The second-order valence-electron chi connectivity index (χ2n) is 4.44. The van der Waals surface area contributed by atoms with Crippen LogP contribution in [-0.4, -0.2) is 33.9 Å². The van der Waals surface area contributed by atoms with Crippen molar-refractivity contribution in [1.82, 2.24) is 15.3 Å². The van der Waals surface area contributed by atoms with Crippen molar-refractivity contribution >= 4 is 23.6 Å². The lowest BCUT2D eigenvalue weighted by molar-refractivity contribution is -0.385. The monoisotopic (exact) mass is 313 g/mol. The number of anilines is 1. The van der Waals surface area contributed by atoms with Crippen molar-refractivity contribution in [3.05, 3.63) is 64.5 Å². The molecule has 0 unspecified atom stereocenters. The lowest BCUT2D eigenvalue weighted by Crippen LogP contribution is -2.27. The summed E-state index contributed by atoms with van der Waals surface area (Å²) in [5, 5.41) is 16.5. The molecule has 0 fully saturated rings. The quantitative estimate of drug-likeness (QED) is 0.348. The van der Waals surface area contributed by atoms with E-state index < -0.39 is 4.92 Å². The van der Waals surface area contributed by atoms with Crippen molar-refractivity contribution in [3.63, 3.8) is 0 Å². The molecule has 23 heavy (non-hydrogen) atoms. The van der Waals surface area contributed by atoms with Gasteiger partial charge in [-0.05, 0) is 18.2 Å². The van der Waals surface area contributed by atoms with E-state index in [1.807, 2.05) is 0 Å². The molecular formula is C15H15N5O3. The Morgan fingerprint density at radius 3 is 2.65 bits per heavy atom. The summed E-state index contributed by atoms with van der Waals surface area (Å²) in [6.07, 6.45) is 5.91. The molecule has 0 aliphatic rings. The smallest absolute Gasteiger partial charge is 0.276 e. The zero-order valence-electron chi connectivity index (χ0n) is 12.2. The number of nitro benzene ring substituents is 1. The predicted molar refractivity (Wildman–Crippen MR) is 85.7 cm³/mol. The number of carbonyl (C=O) groups excluding carboxylic acids is 1. The first-order chi connectivity index (χ1) is 11.2. The average Bonchev–Trinajstić information content (AvgIpc) is 2.58. The third-order valence-electron chi connectivity index (χ3n) is 2.82. The van der Waals surface area contributed by atoms with Gasteiger partial charge in [0.05, 0.1) is 10.5 Å². The van der Waals surface area contributed by atoms with E-state index in [0.29, 0.717) is 24.6 Å². The molecule has 8 nitrogen and oxygen atoms in total. The number of nitrogens with one attached hydrogen (secondary N) is 2. The van der Waals surface area contributed by atoms with Crippen LogP contribution in [0, 0.1) is 10.1 Å². The molecule has 0 radical (unpaired) electrons. The van der Waals surface area contributed by atoms with Crippen molar-refractivity contribution < 1.29 is 9.72 Å². The van der Waals surface area contributed by atoms with Crippen LogP contribution in [0.15, 0.2) is 48.8 Å². The van der Waals surface area contributed by atoms with E-state index >= 15 is 0 Å². The Bertz CT molecular complexity index is 703. The summed E-state index contributed by atoms with van der Waals surface area (Å²) < 4.78 is 0. The van der Waals surface area contributed by atoms with Gasteiger partial charge in [-0.15, -0.1) is 0 Å². The molecule has 8 heteroatoms. The van der Waals surface area contributed by atoms with E-state index in [-0.39, 0.29) is 11.6 Å². The molecule has 0 aliphatic carbocycles. The maximum absolute atomic E-state index is 11.7. The van der Waals surface area contributed by atoms with Gasteiger partial charge in [-0.25, -0.2) is 9.97 Å². The fourth-order valence-electron chi connectivity index (χ4n) is 1.77. The topological polar surface area (TPSA) is 110 Å². The maximum Gasteiger partial charge on any atom is 0.276 e. The highest BCUT2D eigenvalue weighted by atomic mass is 16.6. The Labute approximate surface area is 132 Å². The second kappa shape index (κ2) is 8.23. The minimum absolute atomic E-state index is 0.0422. The lowest BCUT2D eigenvalue weighted by atomic mass is 10.1. The fourth-order valence-corrected chi connectivity index (χ4v) is 1.77. The first-order valence-corrected chi connectivity index (χ1v) is 6.87. The molecule has 0 saturated carbocycles. The summed E-state index contributed by atoms with van der Waals surface area (Å²) in [6.45, 7) is 0.841. The molecule has 1 amide bonds. The van der Waals surface area contributed by atoms with Gasteiger partial charge in [0.1, 0.15) is 0 Å². The van der Waals surface area contributed by atoms with Crippen molar-refractivity contribution in [2.45, 2.75) is 0 Å². The highest BCUT2D eigenvalue weighted by Crippen LogP contribution is 2.18. The number of para-hydroxylation sites is 1. The fraction of sp³-hybridized carbons (Fsp3) is 0.133. The SMILES string of the molecule is O=C(/C=C/c1ccccc1[N+](=O)[O-])NCCNc1ncccn1. The molecular weight excluding hydrogens is 298 g/mol. The summed E-state index contributed by atoms with van der Waals surface area (Å²) in [6, 6.07) is 7.93. The summed E-state index contributed by atoms with van der Waals surface area (Å²) in [4.78, 5) is 30.0. The number of nitrogens with zero attached hydrogens (tertiary/aromatic N) is 3. The molecule has 2 N–H and O–H groups in total. The van der Waals surface area contributed by atoms with Crippen LogP contribution in [0.4, 0.5) is 11.6 Å². The summed E-state index contributed by atoms with van der Waals surface area (Å²) >= 11 is 0. The van der Waals surface area contributed by atoms with Crippen molar-refractivity contribution in [1.29, 1.82) is 0 Å². The van der Waals surface area contributed by atoms with Crippen LogP contribution in [0.25, 0.3) is 6.08 Å². The molecule has 2 rings (SSSR count). The molecule has 118 valence electrons. The lowest BCUT2D eigenvalue weighted by Gasteiger charge is -2.04. The standard InChI is InChI=1S/C15H15N5O3/c21-14(16-10-11-19-15-17-8-3-9-18-15)7-6-12-4-1-2-5-13(12)20(22)23/h1-9H,10-11H2,(H,16,21)(H,17,18,19)/b7-6+. The van der Waals surface area contributed by atoms with Crippen LogP contribution < -0.4 is 10.6 Å². The van der Waals surface area contributed by atoms with E-state index in [1.165, 1.54) is 18.2 Å². The van der Waals surface area contributed by atoms with Crippen LogP contribution in [0.2, 0.25) is 0 Å².